The monoisotopic (exact) mass is 288 g/mol. The van der Waals surface area contributed by atoms with Crippen LogP contribution in [0, 0.1) is 5.82 Å². The molecule has 0 fully saturated rings. The summed E-state index contributed by atoms with van der Waals surface area (Å²) in [5.74, 6) is -2.06. The van der Waals surface area contributed by atoms with Gasteiger partial charge in [-0.3, -0.25) is 9.59 Å². The van der Waals surface area contributed by atoms with E-state index in [1.807, 2.05) is 0 Å². The molecule has 1 N–H and O–H groups in total. The SMILES string of the molecule is O=C(O)Cc1ccc(OCC(=O)c2ccccc2)c(F)c1. The van der Waals surface area contributed by atoms with Crippen LogP contribution in [0.4, 0.5) is 4.39 Å². The zero-order valence-corrected chi connectivity index (χ0v) is 11.1. The summed E-state index contributed by atoms with van der Waals surface area (Å²) in [5.41, 5.74) is 0.821. The number of Topliss-reactive ketones (excluding diaryl/α,β-unsaturated/α-hetero) is 1. The van der Waals surface area contributed by atoms with Crippen molar-refractivity contribution in [3.63, 3.8) is 0 Å². The van der Waals surface area contributed by atoms with Crippen LogP contribution >= 0.6 is 0 Å². The van der Waals surface area contributed by atoms with E-state index in [0.717, 1.165) is 6.07 Å². The Morgan fingerprint density at radius 3 is 2.43 bits per heavy atom. The van der Waals surface area contributed by atoms with Gasteiger partial charge in [-0.25, -0.2) is 4.39 Å². The summed E-state index contributed by atoms with van der Waals surface area (Å²) < 4.78 is 18.9. The smallest absolute Gasteiger partial charge is 0.307 e. The van der Waals surface area contributed by atoms with E-state index >= 15 is 0 Å². The fourth-order valence-electron chi connectivity index (χ4n) is 1.80. The van der Waals surface area contributed by atoms with Crippen molar-refractivity contribution < 1.29 is 23.8 Å². The molecule has 0 saturated heterocycles. The van der Waals surface area contributed by atoms with Crippen molar-refractivity contribution in [1.29, 1.82) is 0 Å². The quantitative estimate of drug-likeness (QED) is 0.830. The highest BCUT2D eigenvalue weighted by atomic mass is 19.1. The summed E-state index contributed by atoms with van der Waals surface area (Å²) in [6.07, 6.45) is -0.264. The van der Waals surface area contributed by atoms with Gasteiger partial charge < -0.3 is 9.84 Å². The van der Waals surface area contributed by atoms with E-state index in [1.165, 1.54) is 12.1 Å². The van der Waals surface area contributed by atoms with Gasteiger partial charge >= 0.3 is 5.97 Å². The first kappa shape index (κ1) is 14.7. The molecule has 0 aliphatic carbocycles. The van der Waals surface area contributed by atoms with Gasteiger partial charge in [-0.1, -0.05) is 36.4 Å². The van der Waals surface area contributed by atoms with Crippen molar-refractivity contribution in [2.45, 2.75) is 6.42 Å². The molecule has 108 valence electrons. The number of carbonyl (C=O) groups is 2. The molecule has 0 aliphatic heterocycles. The fourth-order valence-corrected chi connectivity index (χ4v) is 1.80. The molecule has 21 heavy (non-hydrogen) atoms. The Morgan fingerprint density at radius 1 is 1.10 bits per heavy atom. The van der Waals surface area contributed by atoms with Gasteiger partial charge in [-0.15, -0.1) is 0 Å². The predicted molar refractivity (Wildman–Crippen MR) is 74.0 cm³/mol. The van der Waals surface area contributed by atoms with Gasteiger partial charge in [0.05, 0.1) is 6.42 Å². The van der Waals surface area contributed by atoms with E-state index in [4.69, 9.17) is 9.84 Å². The molecule has 0 spiro atoms. The van der Waals surface area contributed by atoms with Crippen LogP contribution in [0.25, 0.3) is 0 Å². The van der Waals surface area contributed by atoms with Crippen LogP contribution in [-0.2, 0) is 11.2 Å². The van der Waals surface area contributed by atoms with Gasteiger partial charge in [0.15, 0.2) is 24.0 Å². The van der Waals surface area contributed by atoms with E-state index in [-0.39, 0.29) is 24.6 Å². The molecular weight excluding hydrogens is 275 g/mol. The number of rotatable bonds is 6. The van der Waals surface area contributed by atoms with E-state index < -0.39 is 11.8 Å². The maximum Gasteiger partial charge on any atom is 0.307 e. The lowest BCUT2D eigenvalue weighted by Gasteiger charge is -2.07. The van der Waals surface area contributed by atoms with E-state index in [9.17, 15) is 14.0 Å². The molecule has 2 rings (SSSR count). The number of benzene rings is 2. The average Bonchev–Trinajstić information content (AvgIpc) is 2.46. The van der Waals surface area contributed by atoms with Crippen LogP contribution in [0.15, 0.2) is 48.5 Å². The molecule has 0 aliphatic rings. The minimum atomic E-state index is -1.04. The number of halogens is 1. The first-order valence-electron chi connectivity index (χ1n) is 6.27. The number of hydrogen-bond acceptors (Lipinski definition) is 3. The second-order valence-corrected chi connectivity index (χ2v) is 4.41. The fraction of sp³-hybridized carbons (Fsp3) is 0.125. The molecule has 0 aromatic heterocycles. The molecule has 5 heteroatoms. The molecule has 0 saturated carbocycles. The Hall–Kier alpha value is -2.69. The topological polar surface area (TPSA) is 63.6 Å². The number of aliphatic carboxylic acids is 1. The van der Waals surface area contributed by atoms with E-state index in [1.54, 1.807) is 30.3 Å². The van der Waals surface area contributed by atoms with Crippen LogP contribution in [0.3, 0.4) is 0 Å². The maximum absolute atomic E-state index is 13.7. The zero-order valence-electron chi connectivity index (χ0n) is 11.1. The van der Waals surface area contributed by atoms with Crippen LogP contribution in [0.1, 0.15) is 15.9 Å². The van der Waals surface area contributed by atoms with Crippen LogP contribution in [0.2, 0.25) is 0 Å². The van der Waals surface area contributed by atoms with Crippen molar-refractivity contribution in [3.8, 4) is 5.75 Å². The molecular formula is C16H13FO4. The second kappa shape index (κ2) is 6.65. The first-order chi connectivity index (χ1) is 10.1. The summed E-state index contributed by atoms with van der Waals surface area (Å²) in [6, 6.07) is 12.4. The lowest BCUT2D eigenvalue weighted by molar-refractivity contribution is -0.136. The lowest BCUT2D eigenvalue weighted by atomic mass is 10.1. The Labute approximate surface area is 120 Å². The van der Waals surface area contributed by atoms with Crippen molar-refractivity contribution in [2.75, 3.05) is 6.61 Å². The van der Waals surface area contributed by atoms with Crippen LogP contribution in [0.5, 0.6) is 5.75 Å². The number of hydrogen-bond donors (Lipinski definition) is 1. The van der Waals surface area contributed by atoms with Gasteiger partial charge in [-0.05, 0) is 17.7 Å². The van der Waals surface area contributed by atoms with Crippen LogP contribution < -0.4 is 4.74 Å². The minimum absolute atomic E-state index is 0.0755. The maximum atomic E-state index is 13.7. The summed E-state index contributed by atoms with van der Waals surface area (Å²) in [5, 5.41) is 8.63. The summed E-state index contributed by atoms with van der Waals surface area (Å²) in [4.78, 5) is 22.4. The summed E-state index contributed by atoms with van der Waals surface area (Å²) >= 11 is 0. The molecule has 2 aromatic carbocycles. The third-order valence-corrected chi connectivity index (χ3v) is 2.81. The van der Waals surface area contributed by atoms with Crippen LogP contribution in [-0.4, -0.2) is 23.5 Å². The molecule has 4 nitrogen and oxygen atoms in total. The number of carboxylic acid groups (broad SMARTS) is 1. The number of ketones is 1. The third kappa shape index (κ3) is 4.14. The standard InChI is InChI=1S/C16H13FO4/c17-13-8-11(9-16(19)20)6-7-15(13)21-10-14(18)12-4-2-1-3-5-12/h1-8H,9-10H2,(H,19,20). The zero-order chi connectivity index (χ0) is 15.2. The highest BCUT2D eigenvalue weighted by Crippen LogP contribution is 2.19. The molecule has 0 heterocycles. The Kier molecular flexibility index (Phi) is 4.66. The molecule has 0 atom stereocenters. The number of ether oxygens (including phenoxy) is 1. The molecule has 0 unspecified atom stereocenters. The second-order valence-electron chi connectivity index (χ2n) is 4.41. The lowest BCUT2D eigenvalue weighted by Crippen LogP contribution is -2.12. The van der Waals surface area contributed by atoms with Crippen molar-refractivity contribution in [2.24, 2.45) is 0 Å². The Balaban J connectivity index is 2.00. The third-order valence-electron chi connectivity index (χ3n) is 2.81. The number of carbonyl (C=O) groups excluding carboxylic acids is 1. The largest absolute Gasteiger partial charge is 0.482 e. The molecule has 0 radical (unpaired) electrons. The van der Waals surface area contributed by atoms with Crippen molar-refractivity contribution >= 4 is 11.8 Å². The Bertz CT molecular complexity index is 653. The summed E-state index contributed by atoms with van der Waals surface area (Å²) in [7, 11) is 0. The molecule has 0 bridgehead atoms. The summed E-state index contributed by atoms with van der Waals surface area (Å²) in [6.45, 7) is -0.279. The highest BCUT2D eigenvalue weighted by Gasteiger charge is 2.10. The van der Waals surface area contributed by atoms with Crippen molar-refractivity contribution in [3.05, 3.63) is 65.5 Å². The van der Waals surface area contributed by atoms with Crippen molar-refractivity contribution in [1.82, 2.24) is 0 Å². The van der Waals surface area contributed by atoms with Gasteiger partial charge in [0.25, 0.3) is 0 Å². The highest BCUT2D eigenvalue weighted by molar-refractivity contribution is 5.97. The van der Waals surface area contributed by atoms with Gasteiger partial charge in [0.1, 0.15) is 0 Å². The van der Waals surface area contributed by atoms with Gasteiger partial charge in [0.2, 0.25) is 0 Å². The molecule has 0 amide bonds. The Morgan fingerprint density at radius 2 is 1.81 bits per heavy atom. The normalized spacial score (nSPS) is 10.1. The van der Waals surface area contributed by atoms with E-state index in [2.05, 4.69) is 0 Å². The van der Waals surface area contributed by atoms with E-state index in [0.29, 0.717) is 11.1 Å². The predicted octanol–water partition coefficient (Wildman–Crippen LogP) is 2.71. The minimum Gasteiger partial charge on any atom is -0.482 e. The van der Waals surface area contributed by atoms with Gasteiger partial charge in [-0.2, -0.15) is 0 Å². The number of carboxylic acids is 1. The first-order valence-corrected chi connectivity index (χ1v) is 6.27. The molecule has 2 aromatic rings. The van der Waals surface area contributed by atoms with Gasteiger partial charge in [0, 0.05) is 5.56 Å². The average molecular weight is 288 g/mol.